The van der Waals surface area contributed by atoms with Crippen molar-refractivity contribution in [1.29, 1.82) is 5.26 Å². The number of hydrogen-bond donors (Lipinski definition) is 0. The Morgan fingerprint density at radius 1 is 1.20 bits per heavy atom. The monoisotopic (exact) mass is 347 g/mol. The lowest BCUT2D eigenvalue weighted by atomic mass is 9.81. The molecule has 0 unspecified atom stereocenters. The molecule has 0 spiro atoms. The maximum absolute atomic E-state index is 11.4. The van der Waals surface area contributed by atoms with Gasteiger partial charge in [-0.15, -0.1) is 0 Å². The van der Waals surface area contributed by atoms with Gasteiger partial charge < -0.3 is 14.0 Å². The Kier molecular flexibility index (Phi) is 7.52. The Labute approximate surface area is 149 Å². The van der Waals surface area contributed by atoms with Crippen molar-refractivity contribution in [3.8, 4) is 6.07 Å². The fourth-order valence-corrected chi connectivity index (χ4v) is 1.90. The third-order valence-electron chi connectivity index (χ3n) is 4.02. The van der Waals surface area contributed by atoms with Crippen molar-refractivity contribution in [1.82, 2.24) is 9.97 Å². The van der Waals surface area contributed by atoms with E-state index in [4.69, 9.17) is 19.3 Å². The summed E-state index contributed by atoms with van der Waals surface area (Å²) < 4.78 is 16.7. The van der Waals surface area contributed by atoms with Gasteiger partial charge in [0, 0.05) is 24.3 Å². The Morgan fingerprint density at radius 3 is 2.08 bits per heavy atom. The largest absolute Gasteiger partial charge is 0.498 e. The van der Waals surface area contributed by atoms with E-state index in [0.717, 1.165) is 5.46 Å². The van der Waals surface area contributed by atoms with Gasteiger partial charge in [-0.1, -0.05) is 6.92 Å². The van der Waals surface area contributed by atoms with Crippen LogP contribution in [0.25, 0.3) is 0 Å². The number of esters is 1. The van der Waals surface area contributed by atoms with E-state index in [-0.39, 0.29) is 12.4 Å². The molecule has 7 nitrogen and oxygen atoms in total. The molecule has 1 fully saturated rings. The lowest BCUT2D eigenvalue weighted by molar-refractivity contribution is -0.142. The van der Waals surface area contributed by atoms with Crippen LogP contribution in [0.4, 0.5) is 0 Å². The first-order valence-corrected chi connectivity index (χ1v) is 8.35. The molecule has 25 heavy (non-hydrogen) atoms. The Bertz CT molecular complexity index is 595. The summed E-state index contributed by atoms with van der Waals surface area (Å²) in [6.45, 7) is 11.9. The van der Waals surface area contributed by atoms with Gasteiger partial charge in [-0.25, -0.2) is 9.97 Å². The molecule has 1 saturated heterocycles. The first-order chi connectivity index (χ1) is 11.7. The van der Waals surface area contributed by atoms with Crippen LogP contribution in [0.5, 0.6) is 0 Å². The average Bonchev–Trinajstić information content (AvgIpc) is 2.76. The van der Waals surface area contributed by atoms with Gasteiger partial charge in [0.1, 0.15) is 12.2 Å². The topological polar surface area (TPSA) is 94.3 Å². The van der Waals surface area contributed by atoms with Crippen molar-refractivity contribution in [3.05, 3.63) is 18.2 Å². The number of carbonyl (C=O) groups excluding carboxylic acids is 1. The number of nitrogens with zero attached hydrogens (tertiary/aromatic N) is 3. The van der Waals surface area contributed by atoms with Gasteiger partial charge in [0.15, 0.2) is 0 Å². The summed E-state index contributed by atoms with van der Waals surface area (Å²) in [4.78, 5) is 19.7. The van der Waals surface area contributed by atoms with Crippen LogP contribution in [0.1, 0.15) is 53.8 Å². The minimum absolute atomic E-state index is 0.0670. The number of nitriles is 1. The fraction of sp³-hybridized carbons (Fsp3) is 0.647. The second-order valence-corrected chi connectivity index (χ2v) is 6.51. The van der Waals surface area contributed by atoms with E-state index in [0.29, 0.717) is 18.9 Å². The Balaban J connectivity index is 0.000000705. The van der Waals surface area contributed by atoms with Gasteiger partial charge in [-0.05, 0) is 34.6 Å². The number of rotatable bonds is 4. The minimum Gasteiger partial charge on any atom is -0.466 e. The quantitative estimate of drug-likeness (QED) is 0.605. The molecule has 0 aliphatic carbocycles. The standard InChI is InChI=1S/C14H21BN2O4.C3H5N/c1-6-19-12(18)7-11-16-8-10(9-17-11)15-20-13(2,3)14(4,5)21-15;1-2-3-4/h8-9H,6-7H2,1-5H3;2H2,1H3. The predicted octanol–water partition coefficient (Wildman–Crippen LogP) is 1.80. The van der Waals surface area contributed by atoms with E-state index in [9.17, 15) is 4.79 Å². The van der Waals surface area contributed by atoms with Crippen LogP contribution in [0, 0.1) is 11.3 Å². The summed E-state index contributed by atoms with van der Waals surface area (Å²) in [6, 6.07) is 1.93. The molecule has 1 aliphatic rings. The molecule has 0 bridgehead atoms. The fourth-order valence-electron chi connectivity index (χ4n) is 1.90. The summed E-state index contributed by atoms with van der Waals surface area (Å²) >= 11 is 0. The van der Waals surface area contributed by atoms with Crippen LogP contribution in [0.15, 0.2) is 12.4 Å². The third kappa shape index (κ3) is 5.80. The van der Waals surface area contributed by atoms with Crippen molar-refractivity contribution in [2.75, 3.05) is 6.61 Å². The van der Waals surface area contributed by atoms with Gasteiger partial charge in [-0.2, -0.15) is 5.26 Å². The van der Waals surface area contributed by atoms with Gasteiger partial charge in [0.05, 0.1) is 23.9 Å². The molecule has 8 heteroatoms. The molecule has 2 heterocycles. The zero-order valence-corrected chi connectivity index (χ0v) is 15.8. The lowest BCUT2D eigenvalue weighted by Gasteiger charge is -2.32. The van der Waals surface area contributed by atoms with Crippen LogP contribution in [-0.2, 0) is 25.3 Å². The third-order valence-corrected chi connectivity index (χ3v) is 4.02. The summed E-state index contributed by atoms with van der Waals surface area (Å²) in [5.74, 6) is 0.0922. The second kappa shape index (κ2) is 8.93. The van der Waals surface area contributed by atoms with Crippen molar-refractivity contribution < 1.29 is 18.8 Å². The van der Waals surface area contributed by atoms with E-state index >= 15 is 0 Å². The van der Waals surface area contributed by atoms with Gasteiger partial charge in [-0.3, -0.25) is 4.79 Å². The lowest BCUT2D eigenvalue weighted by Crippen LogP contribution is -2.41. The van der Waals surface area contributed by atoms with Crippen LogP contribution in [0.2, 0.25) is 0 Å². The SMILES string of the molecule is CCC#N.CCOC(=O)Cc1ncc(B2OC(C)(C)C(C)(C)O2)cn1. The molecular formula is C17H26BN3O4. The summed E-state index contributed by atoms with van der Waals surface area (Å²) in [5, 5.41) is 7.62. The molecule has 0 radical (unpaired) electrons. The normalized spacial score (nSPS) is 17.2. The molecule has 1 aromatic heterocycles. The van der Waals surface area contributed by atoms with Crippen molar-refractivity contribution in [3.63, 3.8) is 0 Å². The zero-order valence-electron chi connectivity index (χ0n) is 15.8. The molecule has 1 aromatic rings. The predicted molar refractivity (Wildman–Crippen MR) is 94.0 cm³/mol. The smallest absolute Gasteiger partial charge is 0.466 e. The Morgan fingerprint density at radius 2 is 1.68 bits per heavy atom. The van der Waals surface area contributed by atoms with E-state index in [1.165, 1.54) is 0 Å². The highest BCUT2D eigenvalue weighted by Gasteiger charge is 2.51. The van der Waals surface area contributed by atoms with Gasteiger partial charge in [0.2, 0.25) is 0 Å². The Hall–Kier alpha value is -1.98. The molecule has 0 amide bonds. The van der Waals surface area contributed by atoms with E-state index < -0.39 is 18.3 Å². The molecule has 0 aromatic carbocycles. The van der Waals surface area contributed by atoms with E-state index in [1.807, 2.05) is 40.7 Å². The molecule has 136 valence electrons. The van der Waals surface area contributed by atoms with E-state index in [2.05, 4.69) is 9.97 Å². The second-order valence-electron chi connectivity index (χ2n) is 6.51. The highest BCUT2D eigenvalue weighted by atomic mass is 16.7. The highest BCUT2D eigenvalue weighted by molar-refractivity contribution is 6.61. The minimum atomic E-state index is -0.494. The highest BCUT2D eigenvalue weighted by Crippen LogP contribution is 2.36. The van der Waals surface area contributed by atoms with Gasteiger partial charge in [0.25, 0.3) is 0 Å². The summed E-state index contributed by atoms with van der Waals surface area (Å²) in [7, 11) is -0.494. The van der Waals surface area contributed by atoms with Crippen LogP contribution >= 0.6 is 0 Å². The maximum Gasteiger partial charge on any atom is 0.498 e. The number of hydrogen-bond acceptors (Lipinski definition) is 7. The first-order valence-electron chi connectivity index (χ1n) is 8.35. The van der Waals surface area contributed by atoms with E-state index in [1.54, 1.807) is 19.3 Å². The molecule has 0 saturated carbocycles. The molecular weight excluding hydrogens is 321 g/mol. The molecule has 0 atom stereocenters. The summed E-state index contributed by atoms with van der Waals surface area (Å²) in [5.41, 5.74) is -0.0658. The molecule has 1 aliphatic heterocycles. The first kappa shape index (κ1) is 21.1. The zero-order chi connectivity index (χ0) is 19.1. The number of aromatic nitrogens is 2. The number of carbonyl (C=O) groups is 1. The van der Waals surface area contributed by atoms with Crippen LogP contribution in [0.3, 0.4) is 0 Å². The van der Waals surface area contributed by atoms with Crippen molar-refractivity contribution in [2.24, 2.45) is 0 Å². The molecule has 0 N–H and O–H groups in total. The van der Waals surface area contributed by atoms with Crippen molar-refractivity contribution in [2.45, 2.75) is 65.6 Å². The number of ether oxygens (including phenoxy) is 1. The average molecular weight is 347 g/mol. The van der Waals surface area contributed by atoms with Crippen LogP contribution < -0.4 is 5.46 Å². The molecule has 2 rings (SSSR count). The van der Waals surface area contributed by atoms with Gasteiger partial charge >= 0.3 is 13.1 Å². The van der Waals surface area contributed by atoms with Crippen molar-refractivity contribution >= 4 is 18.6 Å². The maximum atomic E-state index is 11.4. The van der Waals surface area contributed by atoms with Crippen LogP contribution in [-0.4, -0.2) is 40.9 Å². The summed E-state index contributed by atoms with van der Waals surface area (Å²) in [6.07, 6.45) is 3.95.